The van der Waals surface area contributed by atoms with Gasteiger partial charge in [0.2, 0.25) is 5.95 Å². The van der Waals surface area contributed by atoms with Crippen LogP contribution in [0.4, 0.5) is 4.39 Å². The maximum absolute atomic E-state index is 13.3. The van der Waals surface area contributed by atoms with Gasteiger partial charge in [0.25, 0.3) is 0 Å². The van der Waals surface area contributed by atoms with E-state index in [0.29, 0.717) is 36.5 Å². The van der Waals surface area contributed by atoms with Crippen molar-refractivity contribution in [3.63, 3.8) is 0 Å². The van der Waals surface area contributed by atoms with Crippen LogP contribution < -0.4 is 10.1 Å². The van der Waals surface area contributed by atoms with Crippen molar-refractivity contribution in [1.29, 1.82) is 0 Å². The number of nitrogens with one attached hydrogen (secondary N) is 1. The van der Waals surface area contributed by atoms with Gasteiger partial charge in [-0.2, -0.15) is 4.39 Å². The minimum atomic E-state index is -0.585. The van der Waals surface area contributed by atoms with Gasteiger partial charge in [-0.3, -0.25) is 4.79 Å². The lowest BCUT2D eigenvalue weighted by Gasteiger charge is -2.09. The van der Waals surface area contributed by atoms with Crippen molar-refractivity contribution in [3.05, 3.63) is 66.8 Å². The number of carbonyl (C=O) groups is 2. The standard InChI is InChI=1S/C17H16FNO3S2.C2H7N.C2H6.C2H4/c18-17-16(23)6-3-13(19-17)7-8-22-14-4-1-12(2-5-14)9-15(10-20)24-11-21;1-3-2;2*1-2/h1-6,10-11,15,23H,7-9H2;3H,1-2H3;1-2H3;1-2H2. The molecule has 2 rings (SSSR count). The molecule has 1 aromatic heterocycles. The van der Waals surface area contributed by atoms with Crippen molar-refractivity contribution < 1.29 is 18.7 Å². The first-order valence-corrected chi connectivity index (χ1v) is 11.1. The number of carbonyl (C=O) groups excluding carboxylic acids is 2. The van der Waals surface area contributed by atoms with Crippen LogP contribution in [-0.2, 0) is 22.4 Å². The number of aldehydes is 1. The second-order valence-corrected chi connectivity index (χ2v) is 7.02. The van der Waals surface area contributed by atoms with Crippen LogP contribution >= 0.6 is 24.4 Å². The predicted molar refractivity (Wildman–Crippen MR) is 133 cm³/mol. The second-order valence-electron chi connectivity index (χ2n) is 5.47. The molecule has 0 amide bonds. The van der Waals surface area contributed by atoms with Crippen LogP contribution in [0.15, 0.2) is 54.5 Å². The van der Waals surface area contributed by atoms with E-state index in [2.05, 4.69) is 36.1 Å². The zero-order valence-electron chi connectivity index (χ0n) is 18.6. The molecule has 0 aliphatic rings. The number of hydrogen-bond acceptors (Lipinski definition) is 7. The molecule has 1 aromatic carbocycles. The smallest absolute Gasteiger partial charge is 0.226 e. The summed E-state index contributed by atoms with van der Waals surface area (Å²) in [5, 5.41) is 2.38. The normalized spacial score (nSPS) is 10.0. The van der Waals surface area contributed by atoms with Gasteiger partial charge in [0.05, 0.1) is 16.8 Å². The van der Waals surface area contributed by atoms with Crippen LogP contribution in [0.1, 0.15) is 25.1 Å². The highest BCUT2D eigenvalue weighted by Gasteiger charge is 2.08. The summed E-state index contributed by atoms with van der Waals surface area (Å²) in [5.74, 6) is 0.0915. The molecule has 0 spiro atoms. The molecule has 0 aliphatic heterocycles. The highest BCUT2D eigenvalue weighted by Crippen LogP contribution is 2.17. The summed E-state index contributed by atoms with van der Waals surface area (Å²) in [6.45, 7) is 10.4. The predicted octanol–water partition coefficient (Wildman–Crippen LogP) is 4.83. The molecule has 0 aliphatic carbocycles. The lowest BCUT2D eigenvalue weighted by atomic mass is 10.1. The van der Waals surface area contributed by atoms with Crippen LogP contribution in [0.25, 0.3) is 0 Å². The van der Waals surface area contributed by atoms with Gasteiger partial charge < -0.3 is 14.8 Å². The number of rotatable bonds is 9. The molecule has 1 N–H and O–H groups in total. The van der Waals surface area contributed by atoms with E-state index in [-0.39, 0.29) is 10.1 Å². The van der Waals surface area contributed by atoms with Crippen molar-refractivity contribution in [2.24, 2.45) is 0 Å². The first-order valence-electron chi connectivity index (χ1n) is 9.73. The molecule has 0 radical (unpaired) electrons. The molecule has 1 unspecified atom stereocenters. The van der Waals surface area contributed by atoms with Gasteiger partial charge in [-0.05, 0) is 50.3 Å². The Morgan fingerprint density at radius 1 is 1.16 bits per heavy atom. The minimum absolute atomic E-state index is 0.219. The average molecular weight is 469 g/mol. The monoisotopic (exact) mass is 468 g/mol. The maximum Gasteiger partial charge on any atom is 0.226 e. The molecule has 0 saturated heterocycles. The Morgan fingerprint density at radius 2 is 1.74 bits per heavy atom. The van der Waals surface area contributed by atoms with Crippen LogP contribution in [0.3, 0.4) is 0 Å². The maximum atomic E-state index is 13.3. The number of halogens is 1. The number of nitrogens with zero attached hydrogens (tertiary/aromatic N) is 1. The number of ether oxygens (including phenoxy) is 1. The first-order chi connectivity index (χ1) is 15.0. The zero-order valence-corrected chi connectivity index (χ0v) is 20.3. The first kappa shape index (κ1) is 31.0. The van der Waals surface area contributed by atoms with Crippen molar-refractivity contribution in [2.45, 2.75) is 36.8 Å². The summed E-state index contributed by atoms with van der Waals surface area (Å²) in [7, 11) is 3.75. The Balaban J connectivity index is 0. The fraction of sp³-hybridized carbons (Fsp3) is 0.348. The Labute approximate surface area is 195 Å². The summed E-state index contributed by atoms with van der Waals surface area (Å²) >= 11 is 4.90. The number of pyridine rings is 1. The Bertz CT molecular complexity index is 731. The van der Waals surface area contributed by atoms with E-state index >= 15 is 0 Å². The van der Waals surface area contributed by atoms with Crippen LogP contribution in [0.2, 0.25) is 0 Å². The molecule has 172 valence electrons. The quantitative estimate of drug-likeness (QED) is 0.238. The zero-order chi connectivity index (χ0) is 24.1. The molecule has 8 heteroatoms. The fourth-order valence-corrected chi connectivity index (χ4v) is 2.65. The lowest BCUT2D eigenvalue weighted by molar-refractivity contribution is -0.107. The van der Waals surface area contributed by atoms with E-state index in [4.69, 9.17) is 4.74 Å². The topological polar surface area (TPSA) is 68.3 Å². The summed E-state index contributed by atoms with van der Waals surface area (Å²) in [5.41, 5.74) is 2.22. The van der Waals surface area contributed by atoms with E-state index in [1.165, 1.54) is 0 Å². The molecular formula is C23H33FN2O3S2. The number of hydrogen-bond donors (Lipinski definition) is 2. The van der Waals surface area contributed by atoms with Crippen LogP contribution in [0, 0.1) is 5.95 Å². The van der Waals surface area contributed by atoms with Gasteiger partial charge >= 0.3 is 0 Å². The van der Waals surface area contributed by atoms with E-state index in [9.17, 15) is 14.0 Å². The van der Waals surface area contributed by atoms with Gasteiger partial charge in [-0.25, -0.2) is 4.98 Å². The SMILES string of the molecule is C=C.CC.CNC.O=CSC(C=O)Cc1ccc(OCCc2ccc(S)c(F)n2)cc1. The Hall–Kier alpha value is -2.16. The molecule has 0 saturated carbocycles. The van der Waals surface area contributed by atoms with Crippen LogP contribution in [-0.4, -0.2) is 42.8 Å². The van der Waals surface area contributed by atoms with Crippen LogP contribution in [0.5, 0.6) is 5.75 Å². The Morgan fingerprint density at radius 3 is 2.23 bits per heavy atom. The van der Waals surface area contributed by atoms with Gasteiger partial charge in [0, 0.05) is 12.1 Å². The van der Waals surface area contributed by atoms with E-state index in [0.717, 1.165) is 23.6 Å². The summed E-state index contributed by atoms with van der Waals surface area (Å²) < 4.78 is 18.9. The van der Waals surface area contributed by atoms with Crippen molar-refractivity contribution in [2.75, 3.05) is 20.7 Å². The van der Waals surface area contributed by atoms with Crippen molar-refractivity contribution >= 4 is 36.3 Å². The van der Waals surface area contributed by atoms with E-state index < -0.39 is 5.95 Å². The Kier molecular flexibility index (Phi) is 21.1. The summed E-state index contributed by atoms with van der Waals surface area (Å²) in [4.78, 5) is 25.3. The molecular weight excluding hydrogens is 435 g/mol. The molecule has 31 heavy (non-hydrogen) atoms. The number of aromatic nitrogens is 1. The number of thiol groups is 1. The van der Waals surface area contributed by atoms with Crippen molar-refractivity contribution in [1.82, 2.24) is 10.3 Å². The molecule has 5 nitrogen and oxygen atoms in total. The third-order valence-corrected chi connectivity index (χ3v) is 4.33. The molecule has 2 aromatic rings. The average Bonchev–Trinajstić information content (AvgIpc) is 2.80. The van der Waals surface area contributed by atoms with Gasteiger partial charge in [-0.15, -0.1) is 25.8 Å². The van der Waals surface area contributed by atoms with Gasteiger partial charge in [0.15, 0.2) is 5.62 Å². The highest BCUT2D eigenvalue weighted by atomic mass is 32.2. The molecule has 1 atom stereocenters. The fourth-order valence-electron chi connectivity index (χ4n) is 2.03. The summed E-state index contributed by atoms with van der Waals surface area (Å²) in [6.07, 6.45) is 1.74. The minimum Gasteiger partial charge on any atom is -0.493 e. The summed E-state index contributed by atoms with van der Waals surface area (Å²) in [6, 6.07) is 10.6. The lowest BCUT2D eigenvalue weighted by Crippen LogP contribution is -2.08. The number of benzene rings is 1. The third kappa shape index (κ3) is 14.5. The number of thioether (sulfide) groups is 1. The molecule has 1 heterocycles. The molecule has 0 fully saturated rings. The molecule has 0 bridgehead atoms. The second kappa shape index (κ2) is 21.1. The van der Waals surface area contributed by atoms with Gasteiger partial charge in [0.1, 0.15) is 12.0 Å². The van der Waals surface area contributed by atoms with Gasteiger partial charge in [-0.1, -0.05) is 37.7 Å². The highest BCUT2D eigenvalue weighted by molar-refractivity contribution is 8.12. The largest absolute Gasteiger partial charge is 0.493 e. The van der Waals surface area contributed by atoms with E-state index in [1.54, 1.807) is 24.3 Å². The van der Waals surface area contributed by atoms with Crippen molar-refractivity contribution in [3.8, 4) is 5.75 Å². The third-order valence-electron chi connectivity index (χ3n) is 3.26. The van der Waals surface area contributed by atoms with E-state index in [1.807, 2.05) is 40.1 Å².